The fraction of sp³-hybridized carbons (Fsp3) is 0.610. The van der Waals surface area contributed by atoms with Gasteiger partial charge in [-0.05, 0) is 77.7 Å². The topological polar surface area (TPSA) is 92.4 Å². The Labute approximate surface area is 279 Å². The minimum absolute atomic E-state index is 0.114. The highest BCUT2D eigenvalue weighted by Gasteiger charge is 2.17. The Hall–Kier alpha value is -2.92. The molecule has 1 aliphatic rings. The molecule has 0 saturated carbocycles. The maximum absolute atomic E-state index is 11.1. The van der Waals surface area contributed by atoms with E-state index in [0.717, 1.165) is 12.8 Å². The third kappa shape index (κ3) is 13.8. The highest BCUT2D eigenvalue weighted by Crippen LogP contribution is 2.33. The highest BCUT2D eigenvalue weighted by atomic mass is 16.4. The second-order valence-electron chi connectivity index (χ2n) is 13.4. The average molecular weight is 631 g/mol. The molecular formula is C41H62N2O3. The van der Waals surface area contributed by atoms with Gasteiger partial charge in [0.25, 0.3) is 0 Å². The van der Waals surface area contributed by atoms with Gasteiger partial charge in [-0.15, -0.1) is 0 Å². The number of fused-ring (bicyclic) bond motifs is 5. The van der Waals surface area contributed by atoms with Crippen LogP contribution in [0, 0.1) is 0 Å². The monoisotopic (exact) mass is 630 g/mol. The number of rotatable bonds is 22. The number of carboxylic acids is 1. The van der Waals surface area contributed by atoms with Gasteiger partial charge in [-0.3, -0.25) is 9.59 Å². The van der Waals surface area contributed by atoms with E-state index >= 15 is 0 Å². The number of aliphatic carboxylic acids is 1. The first-order chi connectivity index (χ1) is 22.5. The molecule has 4 N–H and O–H groups in total. The molecule has 5 nitrogen and oxygen atoms in total. The van der Waals surface area contributed by atoms with Crippen molar-refractivity contribution in [3.05, 3.63) is 59.7 Å². The smallest absolute Gasteiger partial charge is 0.320 e. The van der Waals surface area contributed by atoms with Gasteiger partial charge in [0.15, 0.2) is 0 Å². The summed E-state index contributed by atoms with van der Waals surface area (Å²) in [5.74, 6) is -1.35. The SMILES string of the molecule is CCCCCCCCCCCCCCCCCCNC(CCC(N)=O)C(=O)O.c1ccc2c(c1)ccc1c3c(ccc12)CCCC3. The zero-order valence-electron chi connectivity index (χ0n) is 28.8. The molecule has 0 aromatic heterocycles. The second-order valence-corrected chi connectivity index (χ2v) is 13.4. The molecule has 0 fully saturated rings. The number of nitrogens with one attached hydrogen (secondary N) is 1. The van der Waals surface area contributed by atoms with Crippen molar-refractivity contribution in [3.63, 3.8) is 0 Å². The summed E-state index contributed by atoms with van der Waals surface area (Å²) >= 11 is 0. The molecule has 254 valence electrons. The van der Waals surface area contributed by atoms with Gasteiger partial charge in [-0.1, -0.05) is 152 Å². The van der Waals surface area contributed by atoms with Crippen molar-refractivity contribution < 1.29 is 14.7 Å². The zero-order valence-corrected chi connectivity index (χ0v) is 28.8. The van der Waals surface area contributed by atoms with Crippen LogP contribution in [0.3, 0.4) is 0 Å². The average Bonchev–Trinajstić information content (AvgIpc) is 3.07. The van der Waals surface area contributed by atoms with Gasteiger partial charge in [-0.2, -0.15) is 0 Å². The first kappa shape index (κ1) is 37.5. The lowest BCUT2D eigenvalue weighted by atomic mass is 9.86. The Morgan fingerprint density at radius 1 is 0.696 bits per heavy atom. The summed E-state index contributed by atoms with van der Waals surface area (Å²) in [6.07, 6.45) is 26.9. The van der Waals surface area contributed by atoms with E-state index in [1.807, 2.05) is 0 Å². The second kappa shape index (κ2) is 22.6. The lowest BCUT2D eigenvalue weighted by Crippen LogP contribution is -2.38. The number of benzene rings is 3. The van der Waals surface area contributed by atoms with Crippen LogP contribution in [-0.4, -0.2) is 29.6 Å². The van der Waals surface area contributed by atoms with Crippen molar-refractivity contribution in [2.75, 3.05) is 6.54 Å². The number of primary amides is 1. The molecule has 3 aromatic carbocycles. The minimum Gasteiger partial charge on any atom is -0.480 e. The number of hydrogen-bond acceptors (Lipinski definition) is 3. The van der Waals surface area contributed by atoms with E-state index in [4.69, 9.17) is 10.8 Å². The van der Waals surface area contributed by atoms with Crippen molar-refractivity contribution in [2.45, 2.75) is 154 Å². The molecule has 5 heteroatoms. The summed E-state index contributed by atoms with van der Waals surface area (Å²) in [5.41, 5.74) is 8.25. The fourth-order valence-corrected chi connectivity index (χ4v) is 6.89. The van der Waals surface area contributed by atoms with Crippen LogP contribution in [0.2, 0.25) is 0 Å². The molecule has 0 aliphatic heterocycles. The molecule has 4 rings (SSSR count). The van der Waals surface area contributed by atoms with Crippen LogP contribution in [0.5, 0.6) is 0 Å². The Bertz CT molecular complexity index is 1300. The number of carbonyl (C=O) groups is 2. The van der Waals surface area contributed by atoms with E-state index in [2.05, 4.69) is 60.8 Å². The number of carboxylic acid groups (broad SMARTS) is 1. The maximum Gasteiger partial charge on any atom is 0.320 e. The van der Waals surface area contributed by atoms with Gasteiger partial charge in [-0.25, -0.2) is 0 Å². The molecule has 1 aliphatic carbocycles. The van der Waals surface area contributed by atoms with Crippen molar-refractivity contribution in [2.24, 2.45) is 5.73 Å². The molecule has 1 amide bonds. The summed E-state index contributed by atoms with van der Waals surface area (Å²) in [5, 5.41) is 17.8. The quantitative estimate of drug-likeness (QED) is 0.0761. The van der Waals surface area contributed by atoms with Crippen molar-refractivity contribution in [1.29, 1.82) is 0 Å². The zero-order chi connectivity index (χ0) is 32.8. The third-order valence-electron chi connectivity index (χ3n) is 9.66. The molecular weight excluding hydrogens is 568 g/mol. The van der Waals surface area contributed by atoms with E-state index in [9.17, 15) is 9.59 Å². The first-order valence-electron chi connectivity index (χ1n) is 18.7. The van der Waals surface area contributed by atoms with E-state index in [0.29, 0.717) is 6.54 Å². The van der Waals surface area contributed by atoms with Gasteiger partial charge < -0.3 is 16.2 Å². The summed E-state index contributed by atoms with van der Waals surface area (Å²) in [7, 11) is 0. The minimum atomic E-state index is -0.905. The van der Waals surface area contributed by atoms with Crippen molar-refractivity contribution >= 4 is 33.4 Å². The number of unbranched alkanes of at least 4 members (excludes halogenated alkanes) is 15. The van der Waals surface area contributed by atoms with Crippen LogP contribution in [0.25, 0.3) is 21.5 Å². The summed E-state index contributed by atoms with van der Waals surface area (Å²) in [4.78, 5) is 21.9. The van der Waals surface area contributed by atoms with Crippen molar-refractivity contribution in [3.8, 4) is 0 Å². The molecule has 3 aromatic rings. The molecule has 46 heavy (non-hydrogen) atoms. The van der Waals surface area contributed by atoms with E-state index in [1.54, 1.807) is 11.1 Å². The van der Waals surface area contributed by atoms with Gasteiger partial charge >= 0.3 is 5.97 Å². The van der Waals surface area contributed by atoms with Crippen LogP contribution < -0.4 is 11.1 Å². The van der Waals surface area contributed by atoms with Crippen LogP contribution >= 0.6 is 0 Å². The number of aryl methyl sites for hydroxylation is 2. The lowest BCUT2D eigenvalue weighted by Gasteiger charge is -2.18. The predicted molar refractivity (Wildman–Crippen MR) is 195 cm³/mol. The van der Waals surface area contributed by atoms with Crippen LogP contribution in [0.4, 0.5) is 0 Å². The van der Waals surface area contributed by atoms with E-state index in [1.165, 1.54) is 137 Å². The number of hydrogen-bond donors (Lipinski definition) is 3. The number of nitrogens with two attached hydrogens (primary N) is 1. The number of carbonyl (C=O) groups excluding carboxylic acids is 1. The summed E-state index contributed by atoms with van der Waals surface area (Å²) < 4.78 is 0. The molecule has 0 saturated heterocycles. The fourth-order valence-electron chi connectivity index (χ4n) is 6.89. The first-order valence-corrected chi connectivity index (χ1v) is 18.7. The van der Waals surface area contributed by atoms with Crippen molar-refractivity contribution in [1.82, 2.24) is 5.32 Å². The Kier molecular flexibility index (Phi) is 18.4. The molecule has 0 spiro atoms. The highest BCUT2D eigenvalue weighted by molar-refractivity contribution is 6.08. The Morgan fingerprint density at radius 3 is 1.87 bits per heavy atom. The molecule has 0 bridgehead atoms. The normalized spacial score (nSPS) is 13.2. The lowest BCUT2D eigenvalue weighted by molar-refractivity contribution is -0.139. The maximum atomic E-state index is 11.1. The van der Waals surface area contributed by atoms with Gasteiger partial charge in [0.2, 0.25) is 5.91 Å². The van der Waals surface area contributed by atoms with Gasteiger partial charge in [0.1, 0.15) is 6.04 Å². The van der Waals surface area contributed by atoms with Crippen LogP contribution in [0.15, 0.2) is 48.5 Å². The summed E-state index contributed by atoms with van der Waals surface area (Å²) in [6.45, 7) is 2.96. The van der Waals surface area contributed by atoms with Gasteiger partial charge in [0.05, 0.1) is 0 Å². The largest absolute Gasteiger partial charge is 0.480 e. The summed E-state index contributed by atoms with van der Waals surface area (Å²) in [6, 6.07) is 17.3. The standard InChI is InChI=1S/C23H46N2O3.C18H16/c1-2-3-4-5-6-7-8-9-10-11-12-13-14-15-16-17-20-25-21(23(27)28)18-19-22(24)26;1-3-7-15-13(5-1)9-11-18-16-8-4-2-6-14(16)10-12-17(15)18/h21,25H,2-20H2,1H3,(H2,24,26)(H,27,28);1,3,5,7,9-12H,2,4,6,8H2. The molecule has 1 unspecified atom stereocenters. The molecule has 0 radical (unpaired) electrons. The van der Waals surface area contributed by atoms with E-state index < -0.39 is 17.9 Å². The van der Waals surface area contributed by atoms with Gasteiger partial charge in [0, 0.05) is 6.42 Å². The van der Waals surface area contributed by atoms with Crippen LogP contribution in [0.1, 0.15) is 146 Å². The number of amides is 1. The third-order valence-corrected chi connectivity index (χ3v) is 9.66. The Morgan fingerprint density at radius 2 is 1.26 bits per heavy atom. The van der Waals surface area contributed by atoms with E-state index in [-0.39, 0.29) is 12.8 Å². The predicted octanol–water partition coefficient (Wildman–Crippen LogP) is 10.4. The molecule has 0 heterocycles. The molecule has 1 atom stereocenters. The van der Waals surface area contributed by atoms with Crippen LogP contribution in [-0.2, 0) is 22.4 Å². The Balaban J connectivity index is 0.000000270.